The van der Waals surface area contributed by atoms with Crippen LogP contribution in [0.2, 0.25) is 0 Å². The second-order valence-electron chi connectivity index (χ2n) is 6.68. The highest BCUT2D eigenvalue weighted by Gasteiger charge is 2.58. The number of anilines is 3. The van der Waals surface area contributed by atoms with Gasteiger partial charge in [-0.1, -0.05) is 24.3 Å². The second kappa shape index (κ2) is 7.61. The van der Waals surface area contributed by atoms with Crippen LogP contribution in [0.15, 0.2) is 54.6 Å². The Balaban J connectivity index is 1.76. The fourth-order valence-corrected chi connectivity index (χ4v) is 3.10. The van der Waals surface area contributed by atoms with E-state index in [1.807, 2.05) is 37.3 Å². The Morgan fingerprint density at radius 1 is 0.963 bits per heavy atom. The van der Waals surface area contributed by atoms with Crippen LogP contribution in [-0.2, 0) is 14.4 Å². The van der Waals surface area contributed by atoms with Gasteiger partial charge in [0.15, 0.2) is 0 Å². The highest BCUT2D eigenvalue weighted by Crippen LogP contribution is 2.48. The van der Waals surface area contributed by atoms with Gasteiger partial charge in [0, 0.05) is 30.5 Å². The molecule has 0 aromatic heterocycles. The lowest BCUT2D eigenvalue weighted by Crippen LogP contribution is -2.43. The van der Waals surface area contributed by atoms with Crippen LogP contribution in [0.25, 0.3) is 0 Å². The van der Waals surface area contributed by atoms with Crippen LogP contribution in [0.4, 0.5) is 17.1 Å². The van der Waals surface area contributed by atoms with Crippen LogP contribution < -0.4 is 15.5 Å². The van der Waals surface area contributed by atoms with Crippen molar-refractivity contribution in [2.75, 3.05) is 22.1 Å². The van der Waals surface area contributed by atoms with Gasteiger partial charge in [-0.15, -0.1) is 0 Å². The molecule has 0 radical (unpaired) electrons. The Morgan fingerprint density at radius 2 is 1.59 bits per heavy atom. The molecule has 1 saturated carbocycles. The number of carbonyl (C=O) groups is 3. The van der Waals surface area contributed by atoms with Crippen LogP contribution in [0.5, 0.6) is 0 Å². The zero-order valence-electron chi connectivity index (χ0n) is 15.5. The first-order valence-corrected chi connectivity index (χ1v) is 9.02. The molecule has 0 aliphatic heterocycles. The first-order valence-electron chi connectivity index (χ1n) is 9.02. The number of carbonyl (C=O) groups excluding carboxylic acids is 3. The molecule has 6 nitrogen and oxygen atoms in total. The molecule has 1 aliphatic carbocycles. The van der Waals surface area contributed by atoms with E-state index in [1.54, 1.807) is 29.2 Å². The summed E-state index contributed by atoms with van der Waals surface area (Å²) < 4.78 is 0. The van der Waals surface area contributed by atoms with E-state index in [9.17, 15) is 14.4 Å². The van der Waals surface area contributed by atoms with Gasteiger partial charge in [0.2, 0.25) is 17.7 Å². The SMILES string of the molecule is CCN(C(=O)C1(C(=O)Nc2cccc(NC(C)=O)c2)CC1)c1ccccc1. The van der Waals surface area contributed by atoms with E-state index in [4.69, 9.17) is 0 Å². The summed E-state index contributed by atoms with van der Waals surface area (Å²) in [7, 11) is 0. The van der Waals surface area contributed by atoms with Crippen molar-refractivity contribution in [2.24, 2.45) is 5.41 Å². The molecule has 27 heavy (non-hydrogen) atoms. The van der Waals surface area contributed by atoms with Gasteiger partial charge in [-0.3, -0.25) is 14.4 Å². The smallest absolute Gasteiger partial charge is 0.242 e. The van der Waals surface area contributed by atoms with Gasteiger partial charge < -0.3 is 15.5 Å². The third-order valence-corrected chi connectivity index (χ3v) is 4.66. The highest BCUT2D eigenvalue weighted by molar-refractivity contribution is 6.17. The number of rotatable bonds is 6. The molecule has 140 valence electrons. The molecule has 2 N–H and O–H groups in total. The van der Waals surface area contributed by atoms with Crippen molar-refractivity contribution in [3.05, 3.63) is 54.6 Å². The third kappa shape index (κ3) is 4.00. The van der Waals surface area contributed by atoms with Crippen molar-refractivity contribution in [2.45, 2.75) is 26.7 Å². The standard InChI is InChI=1S/C21H23N3O3/c1-3-24(18-10-5-4-6-11-18)20(27)21(12-13-21)19(26)23-17-9-7-8-16(14-17)22-15(2)25/h4-11,14H,3,12-13H2,1-2H3,(H,22,25)(H,23,26). The number of benzene rings is 2. The summed E-state index contributed by atoms with van der Waals surface area (Å²) in [5.41, 5.74) is 0.913. The molecule has 0 heterocycles. The molecule has 0 spiro atoms. The molecule has 3 rings (SSSR count). The minimum absolute atomic E-state index is 0.174. The maximum Gasteiger partial charge on any atom is 0.242 e. The minimum Gasteiger partial charge on any atom is -0.326 e. The molecule has 1 fully saturated rings. The third-order valence-electron chi connectivity index (χ3n) is 4.66. The summed E-state index contributed by atoms with van der Waals surface area (Å²) >= 11 is 0. The lowest BCUT2D eigenvalue weighted by molar-refractivity contribution is -0.132. The van der Waals surface area contributed by atoms with Gasteiger partial charge in [-0.25, -0.2) is 0 Å². The summed E-state index contributed by atoms with van der Waals surface area (Å²) in [6.45, 7) is 3.82. The van der Waals surface area contributed by atoms with Gasteiger partial charge in [0.05, 0.1) is 0 Å². The van der Waals surface area contributed by atoms with Crippen molar-refractivity contribution < 1.29 is 14.4 Å². The lowest BCUT2D eigenvalue weighted by atomic mass is 10.0. The maximum absolute atomic E-state index is 13.1. The van der Waals surface area contributed by atoms with E-state index >= 15 is 0 Å². The largest absolute Gasteiger partial charge is 0.326 e. The summed E-state index contributed by atoms with van der Waals surface area (Å²) in [5.74, 6) is -0.665. The normalized spacial score (nSPS) is 14.1. The molecule has 3 amide bonds. The number of para-hydroxylation sites is 1. The summed E-state index contributed by atoms with van der Waals surface area (Å²) in [4.78, 5) is 38.8. The Bertz CT molecular complexity index is 860. The first-order chi connectivity index (χ1) is 13.0. The van der Waals surface area contributed by atoms with Gasteiger partial charge in [-0.2, -0.15) is 0 Å². The van der Waals surface area contributed by atoms with Crippen LogP contribution in [0.1, 0.15) is 26.7 Å². The van der Waals surface area contributed by atoms with Crippen LogP contribution in [0.3, 0.4) is 0 Å². The molecule has 0 bridgehead atoms. The van der Waals surface area contributed by atoms with Gasteiger partial charge >= 0.3 is 0 Å². The van der Waals surface area contributed by atoms with Gasteiger partial charge in [0.1, 0.15) is 5.41 Å². The number of amides is 3. The minimum atomic E-state index is -1.02. The zero-order valence-corrected chi connectivity index (χ0v) is 15.5. The summed E-state index contributed by atoms with van der Waals surface area (Å²) in [6, 6.07) is 16.3. The first kappa shape index (κ1) is 18.6. The van der Waals surface area contributed by atoms with Crippen LogP contribution in [0, 0.1) is 5.41 Å². The highest BCUT2D eigenvalue weighted by atomic mass is 16.2. The van der Waals surface area contributed by atoms with Gasteiger partial charge in [0.25, 0.3) is 0 Å². The van der Waals surface area contributed by atoms with Crippen molar-refractivity contribution in [1.29, 1.82) is 0 Å². The predicted molar refractivity (Wildman–Crippen MR) is 106 cm³/mol. The second-order valence-corrected chi connectivity index (χ2v) is 6.68. The number of hydrogen-bond donors (Lipinski definition) is 2. The molecule has 0 unspecified atom stereocenters. The quantitative estimate of drug-likeness (QED) is 0.770. The van der Waals surface area contributed by atoms with Crippen LogP contribution in [-0.4, -0.2) is 24.3 Å². The molecule has 0 saturated heterocycles. The Kier molecular flexibility index (Phi) is 5.26. The fourth-order valence-electron chi connectivity index (χ4n) is 3.10. The number of hydrogen-bond acceptors (Lipinski definition) is 3. The summed E-state index contributed by atoms with van der Waals surface area (Å²) in [5, 5.41) is 5.51. The molecular formula is C21H23N3O3. The average Bonchev–Trinajstić information content (AvgIpc) is 3.45. The van der Waals surface area contributed by atoms with Gasteiger partial charge in [-0.05, 0) is 50.1 Å². The number of nitrogens with zero attached hydrogens (tertiary/aromatic N) is 1. The van der Waals surface area contributed by atoms with Crippen LogP contribution >= 0.6 is 0 Å². The van der Waals surface area contributed by atoms with E-state index in [0.717, 1.165) is 5.69 Å². The van der Waals surface area contributed by atoms with E-state index in [1.165, 1.54) is 6.92 Å². The van der Waals surface area contributed by atoms with Crippen molar-refractivity contribution in [1.82, 2.24) is 0 Å². The van der Waals surface area contributed by atoms with E-state index < -0.39 is 5.41 Å². The van der Waals surface area contributed by atoms with E-state index in [-0.39, 0.29) is 17.7 Å². The molecular weight excluding hydrogens is 342 g/mol. The van der Waals surface area contributed by atoms with Crippen molar-refractivity contribution in [3.8, 4) is 0 Å². The molecule has 2 aromatic rings. The van der Waals surface area contributed by atoms with Crippen molar-refractivity contribution >= 4 is 34.8 Å². The molecule has 1 aliphatic rings. The summed E-state index contributed by atoms with van der Waals surface area (Å²) in [6.07, 6.45) is 1.07. The molecule has 2 aromatic carbocycles. The monoisotopic (exact) mass is 365 g/mol. The predicted octanol–water partition coefficient (Wildman–Crippen LogP) is 3.42. The zero-order chi connectivity index (χ0) is 19.4. The maximum atomic E-state index is 13.1. The fraction of sp³-hybridized carbons (Fsp3) is 0.286. The Morgan fingerprint density at radius 3 is 2.15 bits per heavy atom. The number of nitrogens with one attached hydrogen (secondary N) is 2. The molecule has 6 heteroatoms. The average molecular weight is 365 g/mol. The molecule has 0 atom stereocenters. The Labute approximate surface area is 158 Å². The van der Waals surface area contributed by atoms with E-state index in [2.05, 4.69) is 10.6 Å². The van der Waals surface area contributed by atoms with Crippen molar-refractivity contribution in [3.63, 3.8) is 0 Å². The topological polar surface area (TPSA) is 78.5 Å². The Hall–Kier alpha value is -3.15. The van der Waals surface area contributed by atoms with E-state index in [0.29, 0.717) is 30.8 Å². The lowest BCUT2D eigenvalue weighted by Gasteiger charge is -2.26.